The standard InChI is InChI=1S/C44H46F4N6O3/c1-4-21-57-40-14-13-30-9-5-6-10-36(30)37(40)28-51(3)42(56)33-22-32(26-54(27-33)43-49-15-8-16-50-43)31-23-34(44(46,47)48)25-35(24-31)52-17-19-53(20-18-52)39-12-7-11-38(45)41(39)29(2)55/h5-16,23-25,32-33H,4,17-22,26-28H2,1-3H3. The molecule has 3 heterocycles. The van der Waals surface area contributed by atoms with Crippen LogP contribution in [0.25, 0.3) is 10.8 Å². The number of aromatic nitrogens is 2. The number of nitrogens with zero attached hydrogens (tertiary/aromatic N) is 6. The topological polar surface area (TPSA) is 82.1 Å². The lowest BCUT2D eigenvalue weighted by Crippen LogP contribution is -2.47. The molecule has 2 saturated heterocycles. The molecule has 1 aromatic heterocycles. The lowest BCUT2D eigenvalue weighted by atomic mass is 9.83. The zero-order valence-corrected chi connectivity index (χ0v) is 32.3. The van der Waals surface area contributed by atoms with E-state index in [1.54, 1.807) is 48.6 Å². The van der Waals surface area contributed by atoms with Gasteiger partial charge in [-0.15, -0.1) is 0 Å². The molecule has 1 amide bonds. The molecule has 298 valence electrons. The second-order valence-corrected chi connectivity index (χ2v) is 14.9. The Hall–Kier alpha value is -5.72. The van der Waals surface area contributed by atoms with Gasteiger partial charge in [-0.1, -0.05) is 43.3 Å². The van der Waals surface area contributed by atoms with Crippen LogP contribution in [-0.4, -0.2) is 79.5 Å². The van der Waals surface area contributed by atoms with Crippen molar-refractivity contribution in [3.63, 3.8) is 0 Å². The van der Waals surface area contributed by atoms with Crippen molar-refractivity contribution in [2.75, 3.05) is 67.6 Å². The van der Waals surface area contributed by atoms with E-state index in [9.17, 15) is 27.2 Å². The number of carbonyl (C=O) groups is 2. The SMILES string of the molecule is CCCOc1ccc2ccccc2c1CN(C)C(=O)C1CC(c2cc(N3CCN(c4cccc(F)c4C(C)=O)CC3)cc(C(F)(F)F)c2)CN(c2ncccn2)C1. The predicted molar refractivity (Wildman–Crippen MR) is 214 cm³/mol. The van der Waals surface area contributed by atoms with Crippen molar-refractivity contribution in [2.45, 2.75) is 45.3 Å². The van der Waals surface area contributed by atoms with Crippen molar-refractivity contribution in [1.82, 2.24) is 14.9 Å². The number of fused-ring (bicyclic) bond motifs is 1. The van der Waals surface area contributed by atoms with Gasteiger partial charge in [-0.3, -0.25) is 9.59 Å². The first-order valence-electron chi connectivity index (χ1n) is 19.3. The van der Waals surface area contributed by atoms with E-state index in [0.717, 1.165) is 22.8 Å². The number of Topliss-reactive ketones (excluding diaryl/α,β-unsaturated/α-hetero) is 1. The fraction of sp³-hybridized carbons (Fsp3) is 0.364. The van der Waals surface area contributed by atoms with Gasteiger partial charge in [0.1, 0.15) is 11.6 Å². The zero-order valence-electron chi connectivity index (χ0n) is 32.3. The van der Waals surface area contributed by atoms with Gasteiger partial charge in [0.05, 0.1) is 29.3 Å². The van der Waals surface area contributed by atoms with E-state index in [-0.39, 0.29) is 18.0 Å². The molecule has 0 bridgehead atoms. The Morgan fingerprint density at radius 2 is 1.61 bits per heavy atom. The van der Waals surface area contributed by atoms with Gasteiger partial charge in [-0.25, -0.2) is 14.4 Å². The minimum Gasteiger partial charge on any atom is -0.493 e. The summed E-state index contributed by atoms with van der Waals surface area (Å²) in [7, 11) is 1.76. The molecule has 13 heteroatoms. The molecule has 2 aliphatic heterocycles. The van der Waals surface area contributed by atoms with Crippen molar-refractivity contribution >= 4 is 39.8 Å². The number of alkyl halides is 3. The number of amides is 1. The van der Waals surface area contributed by atoms with Crippen LogP contribution in [0.4, 0.5) is 34.9 Å². The Morgan fingerprint density at radius 3 is 2.33 bits per heavy atom. The number of halogens is 4. The highest BCUT2D eigenvalue weighted by Crippen LogP contribution is 2.40. The quantitative estimate of drug-likeness (QED) is 0.0978. The van der Waals surface area contributed by atoms with Crippen LogP contribution >= 0.6 is 0 Å². The number of hydrogen-bond acceptors (Lipinski definition) is 8. The van der Waals surface area contributed by atoms with Gasteiger partial charge in [0, 0.05) is 82.4 Å². The average Bonchev–Trinajstić information content (AvgIpc) is 3.22. The molecule has 0 radical (unpaired) electrons. The molecule has 0 saturated carbocycles. The summed E-state index contributed by atoms with van der Waals surface area (Å²) >= 11 is 0. The first kappa shape index (κ1) is 39.5. The van der Waals surface area contributed by atoms with E-state index in [1.165, 1.54) is 25.1 Å². The number of piperazine rings is 1. The number of benzene rings is 4. The molecule has 2 fully saturated rings. The Morgan fingerprint density at radius 1 is 0.877 bits per heavy atom. The Labute approximate surface area is 329 Å². The molecule has 0 N–H and O–H groups in total. The van der Waals surface area contributed by atoms with Gasteiger partial charge < -0.3 is 24.3 Å². The van der Waals surface area contributed by atoms with Crippen molar-refractivity contribution in [3.05, 3.63) is 119 Å². The van der Waals surface area contributed by atoms with Crippen LogP contribution in [0.15, 0.2) is 91.3 Å². The summed E-state index contributed by atoms with van der Waals surface area (Å²) in [6.45, 7) is 6.25. The van der Waals surface area contributed by atoms with E-state index in [4.69, 9.17) is 4.74 Å². The van der Waals surface area contributed by atoms with Crippen LogP contribution in [0.5, 0.6) is 5.75 Å². The van der Waals surface area contributed by atoms with Crippen LogP contribution in [0, 0.1) is 11.7 Å². The first-order chi connectivity index (χ1) is 27.4. The second-order valence-electron chi connectivity index (χ2n) is 14.9. The number of ketones is 1. The highest BCUT2D eigenvalue weighted by atomic mass is 19.4. The van der Waals surface area contributed by atoms with E-state index < -0.39 is 35.2 Å². The summed E-state index contributed by atoms with van der Waals surface area (Å²) in [6, 6.07) is 22.3. The van der Waals surface area contributed by atoms with Gasteiger partial charge >= 0.3 is 6.18 Å². The van der Waals surface area contributed by atoms with Crippen molar-refractivity contribution in [1.29, 1.82) is 0 Å². The summed E-state index contributed by atoms with van der Waals surface area (Å²) < 4.78 is 64.6. The monoisotopic (exact) mass is 782 g/mol. The Bertz CT molecular complexity index is 2230. The van der Waals surface area contributed by atoms with E-state index in [0.29, 0.717) is 80.9 Å². The van der Waals surface area contributed by atoms with Crippen LogP contribution < -0.4 is 19.4 Å². The van der Waals surface area contributed by atoms with Crippen LogP contribution in [0.3, 0.4) is 0 Å². The van der Waals surface area contributed by atoms with Crippen molar-refractivity contribution < 1.29 is 31.9 Å². The molecule has 0 aliphatic carbocycles. The maximum atomic E-state index is 14.6. The highest BCUT2D eigenvalue weighted by Gasteiger charge is 2.38. The molecular formula is C44H46F4N6O3. The number of rotatable bonds is 11. The molecule has 5 aromatic rings. The fourth-order valence-corrected chi connectivity index (χ4v) is 8.14. The van der Waals surface area contributed by atoms with Crippen LogP contribution in [0.2, 0.25) is 0 Å². The van der Waals surface area contributed by atoms with Crippen LogP contribution in [-0.2, 0) is 17.5 Å². The van der Waals surface area contributed by atoms with E-state index >= 15 is 0 Å². The normalized spacial score (nSPS) is 17.5. The maximum Gasteiger partial charge on any atom is 0.416 e. The summed E-state index contributed by atoms with van der Waals surface area (Å²) in [5, 5.41) is 2.01. The molecule has 2 unspecified atom stereocenters. The number of carbonyl (C=O) groups excluding carboxylic acids is 2. The number of anilines is 3. The highest BCUT2D eigenvalue weighted by molar-refractivity contribution is 6.00. The molecule has 0 spiro atoms. The van der Waals surface area contributed by atoms with Gasteiger partial charge in [-0.2, -0.15) is 13.2 Å². The average molecular weight is 783 g/mol. The largest absolute Gasteiger partial charge is 0.493 e. The smallest absolute Gasteiger partial charge is 0.416 e. The molecule has 2 atom stereocenters. The third-order valence-electron chi connectivity index (χ3n) is 10.9. The summed E-state index contributed by atoms with van der Waals surface area (Å²) in [4.78, 5) is 43.0. The maximum absolute atomic E-state index is 14.6. The van der Waals surface area contributed by atoms with Crippen molar-refractivity contribution in [3.8, 4) is 5.75 Å². The lowest BCUT2D eigenvalue weighted by molar-refractivity contribution is -0.138. The molecular weight excluding hydrogens is 737 g/mol. The number of ether oxygens (including phenoxy) is 1. The molecule has 9 nitrogen and oxygen atoms in total. The van der Waals surface area contributed by atoms with Crippen molar-refractivity contribution in [2.24, 2.45) is 5.92 Å². The Kier molecular flexibility index (Phi) is 11.6. The van der Waals surface area contributed by atoms with Gasteiger partial charge in [0.25, 0.3) is 0 Å². The van der Waals surface area contributed by atoms with Gasteiger partial charge in [0.15, 0.2) is 5.78 Å². The minimum atomic E-state index is -4.62. The fourth-order valence-electron chi connectivity index (χ4n) is 8.14. The van der Waals surface area contributed by atoms with E-state index in [2.05, 4.69) is 9.97 Å². The summed E-state index contributed by atoms with van der Waals surface area (Å²) in [6.07, 6.45) is -0.251. The predicted octanol–water partition coefficient (Wildman–Crippen LogP) is 8.37. The minimum absolute atomic E-state index is 0.00804. The lowest BCUT2D eigenvalue weighted by Gasteiger charge is -2.40. The second kappa shape index (κ2) is 16.8. The molecule has 4 aromatic carbocycles. The number of piperidine rings is 1. The van der Waals surface area contributed by atoms with E-state index in [1.807, 2.05) is 58.0 Å². The third kappa shape index (κ3) is 8.67. The Balaban J connectivity index is 1.17. The molecule has 7 rings (SSSR count). The third-order valence-corrected chi connectivity index (χ3v) is 10.9. The summed E-state index contributed by atoms with van der Waals surface area (Å²) in [5.41, 5.74) is 1.48. The number of hydrogen-bond donors (Lipinski definition) is 0. The zero-order chi connectivity index (χ0) is 40.3. The molecule has 57 heavy (non-hydrogen) atoms. The molecule has 2 aliphatic rings. The summed E-state index contributed by atoms with van der Waals surface area (Å²) in [5.74, 6) is -1.05. The van der Waals surface area contributed by atoms with Gasteiger partial charge in [0.2, 0.25) is 11.9 Å². The first-order valence-corrected chi connectivity index (χ1v) is 19.3. The van der Waals surface area contributed by atoms with Gasteiger partial charge in [-0.05, 0) is 78.6 Å². The van der Waals surface area contributed by atoms with Crippen LogP contribution in [0.1, 0.15) is 59.7 Å².